The van der Waals surface area contributed by atoms with Gasteiger partial charge in [0.25, 0.3) is 10.2 Å². The molecule has 1 heterocycles. The van der Waals surface area contributed by atoms with Gasteiger partial charge in [0.2, 0.25) is 0 Å². The van der Waals surface area contributed by atoms with Gasteiger partial charge in [-0.15, -0.1) is 0 Å². The molecular formula is C13H26N2O4S. The van der Waals surface area contributed by atoms with Crippen molar-refractivity contribution in [2.75, 3.05) is 19.6 Å². The molecule has 1 saturated heterocycles. The predicted octanol–water partition coefficient (Wildman–Crippen LogP) is 1.30. The van der Waals surface area contributed by atoms with Gasteiger partial charge in [-0.25, -0.2) is 4.72 Å². The second kappa shape index (κ2) is 6.41. The molecule has 7 heteroatoms. The Morgan fingerprint density at radius 1 is 1.35 bits per heavy atom. The van der Waals surface area contributed by atoms with Gasteiger partial charge in [0.1, 0.15) is 0 Å². The minimum Gasteiger partial charge on any atom is -0.481 e. The standard InChI is InChI=1S/C13H26N2O4S/c1-10(2)13(3,4)9-14-20(18,19)15-7-5-11(6-8-15)12(16)17/h10-11,14H,5-9H2,1-4H3,(H,16,17). The number of aliphatic carboxylic acids is 1. The van der Waals surface area contributed by atoms with Crippen LogP contribution in [0.4, 0.5) is 0 Å². The molecule has 0 saturated carbocycles. The lowest BCUT2D eigenvalue weighted by atomic mass is 9.81. The summed E-state index contributed by atoms with van der Waals surface area (Å²) in [5.41, 5.74) is -0.119. The van der Waals surface area contributed by atoms with E-state index in [0.717, 1.165) is 0 Å². The van der Waals surface area contributed by atoms with Crippen molar-refractivity contribution >= 4 is 16.2 Å². The second-order valence-electron chi connectivity index (χ2n) is 6.48. The molecule has 0 aromatic heterocycles. The Bertz CT molecular complexity index is 437. The summed E-state index contributed by atoms with van der Waals surface area (Å²) in [5, 5.41) is 8.91. The molecule has 0 aromatic rings. The summed E-state index contributed by atoms with van der Waals surface area (Å²) in [4.78, 5) is 10.9. The first-order valence-electron chi connectivity index (χ1n) is 7.04. The Hall–Kier alpha value is -0.660. The molecule has 0 atom stereocenters. The molecule has 1 aliphatic heterocycles. The number of rotatable bonds is 6. The summed E-state index contributed by atoms with van der Waals surface area (Å²) in [5.74, 6) is -0.896. The summed E-state index contributed by atoms with van der Waals surface area (Å²) >= 11 is 0. The zero-order chi connectivity index (χ0) is 15.6. The van der Waals surface area contributed by atoms with Crippen LogP contribution in [-0.2, 0) is 15.0 Å². The fourth-order valence-corrected chi connectivity index (χ4v) is 3.34. The highest BCUT2D eigenvalue weighted by molar-refractivity contribution is 7.87. The fourth-order valence-electron chi connectivity index (χ4n) is 1.92. The Balaban J connectivity index is 2.57. The number of carboxylic acid groups (broad SMARTS) is 1. The van der Waals surface area contributed by atoms with Gasteiger partial charge in [0, 0.05) is 19.6 Å². The van der Waals surface area contributed by atoms with Crippen molar-refractivity contribution in [1.29, 1.82) is 0 Å². The van der Waals surface area contributed by atoms with Crippen LogP contribution in [0.15, 0.2) is 0 Å². The molecule has 0 amide bonds. The lowest BCUT2D eigenvalue weighted by Gasteiger charge is -2.33. The minimum atomic E-state index is -3.51. The zero-order valence-electron chi connectivity index (χ0n) is 12.7. The Morgan fingerprint density at radius 3 is 2.25 bits per heavy atom. The molecule has 0 bridgehead atoms. The van der Waals surface area contributed by atoms with E-state index in [4.69, 9.17) is 5.11 Å². The van der Waals surface area contributed by atoms with Crippen LogP contribution in [0.5, 0.6) is 0 Å². The average molecular weight is 306 g/mol. The van der Waals surface area contributed by atoms with Crippen LogP contribution in [0, 0.1) is 17.3 Å². The maximum absolute atomic E-state index is 12.2. The molecule has 1 fully saturated rings. The SMILES string of the molecule is CC(C)C(C)(C)CNS(=O)(=O)N1CCC(C(=O)O)CC1. The fraction of sp³-hybridized carbons (Fsp3) is 0.923. The van der Waals surface area contributed by atoms with Crippen LogP contribution in [0.25, 0.3) is 0 Å². The molecular weight excluding hydrogens is 280 g/mol. The summed E-state index contributed by atoms with van der Waals surface area (Å²) in [6, 6.07) is 0. The Kier molecular flexibility index (Phi) is 5.57. The highest BCUT2D eigenvalue weighted by Crippen LogP contribution is 2.25. The average Bonchev–Trinajstić information content (AvgIpc) is 2.36. The van der Waals surface area contributed by atoms with E-state index in [0.29, 0.717) is 25.3 Å². The van der Waals surface area contributed by atoms with Gasteiger partial charge in [-0.1, -0.05) is 27.7 Å². The molecule has 1 aliphatic rings. The first-order chi connectivity index (χ1) is 9.06. The van der Waals surface area contributed by atoms with E-state index in [1.54, 1.807) is 0 Å². The summed E-state index contributed by atoms with van der Waals surface area (Å²) in [7, 11) is -3.51. The first kappa shape index (κ1) is 17.4. The predicted molar refractivity (Wildman–Crippen MR) is 77.5 cm³/mol. The third kappa shape index (κ3) is 4.43. The van der Waals surface area contributed by atoms with Gasteiger partial charge in [-0.05, 0) is 24.2 Å². The van der Waals surface area contributed by atoms with E-state index in [2.05, 4.69) is 18.6 Å². The maximum Gasteiger partial charge on any atom is 0.306 e. The summed E-state index contributed by atoms with van der Waals surface area (Å²) in [6.07, 6.45) is 0.758. The molecule has 2 N–H and O–H groups in total. The van der Waals surface area contributed by atoms with Crippen LogP contribution >= 0.6 is 0 Å². The Labute approximate surface area is 121 Å². The van der Waals surface area contributed by atoms with Crippen LogP contribution < -0.4 is 4.72 Å². The molecule has 0 radical (unpaired) electrons. The van der Waals surface area contributed by atoms with Gasteiger partial charge >= 0.3 is 5.97 Å². The number of hydrogen-bond acceptors (Lipinski definition) is 3. The quantitative estimate of drug-likeness (QED) is 0.774. The highest BCUT2D eigenvalue weighted by atomic mass is 32.2. The maximum atomic E-state index is 12.2. The molecule has 20 heavy (non-hydrogen) atoms. The number of nitrogens with zero attached hydrogens (tertiary/aromatic N) is 1. The van der Waals surface area contributed by atoms with Crippen molar-refractivity contribution in [3.8, 4) is 0 Å². The topological polar surface area (TPSA) is 86.7 Å². The van der Waals surface area contributed by atoms with Crippen molar-refractivity contribution in [2.45, 2.75) is 40.5 Å². The molecule has 0 unspecified atom stereocenters. The van der Waals surface area contributed by atoms with Gasteiger partial charge in [-0.3, -0.25) is 4.79 Å². The second-order valence-corrected chi connectivity index (χ2v) is 8.24. The highest BCUT2D eigenvalue weighted by Gasteiger charge is 2.32. The number of carboxylic acids is 1. The molecule has 0 aromatic carbocycles. The first-order valence-corrected chi connectivity index (χ1v) is 8.48. The van der Waals surface area contributed by atoms with Crippen LogP contribution in [0.3, 0.4) is 0 Å². The van der Waals surface area contributed by atoms with Gasteiger partial charge in [-0.2, -0.15) is 12.7 Å². The molecule has 6 nitrogen and oxygen atoms in total. The summed E-state index contributed by atoms with van der Waals surface area (Å²) < 4.78 is 28.4. The molecule has 1 rings (SSSR count). The van der Waals surface area contributed by atoms with E-state index in [1.807, 2.05) is 13.8 Å². The van der Waals surface area contributed by atoms with Crippen molar-refractivity contribution in [3.05, 3.63) is 0 Å². The number of hydrogen-bond donors (Lipinski definition) is 2. The van der Waals surface area contributed by atoms with E-state index < -0.39 is 22.1 Å². The van der Waals surface area contributed by atoms with Crippen LogP contribution in [0.1, 0.15) is 40.5 Å². The lowest BCUT2D eigenvalue weighted by molar-refractivity contribution is -0.142. The minimum absolute atomic E-state index is 0.119. The van der Waals surface area contributed by atoms with Gasteiger partial charge < -0.3 is 5.11 Å². The third-order valence-electron chi connectivity index (χ3n) is 4.42. The zero-order valence-corrected chi connectivity index (χ0v) is 13.5. The van der Waals surface area contributed by atoms with Crippen molar-refractivity contribution in [3.63, 3.8) is 0 Å². The molecule has 0 aliphatic carbocycles. The lowest BCUT2D eigenvalue weighted by Crippen LogP contribution is -2.48. The van der Waals surface area contributed by atoms with E-state index >= 15 is 0 Å². The van der Waals surface area contributed by atoms with E-state index in [1.165, 1.54) is 4.31 Å². The molecule has 0 spiro atoms. The Morgan fingerprint density at radius 2 is 1.85 bits per heavy atom. The van der Waals surface area contributed by atoms with Crippen molar-refractivity contribution < 1.29 is 18.3 Å². The summed E-state index contributed by atoms with van der Waals surface area (Å²) in [6.45, 7) is 9.10. The number of carbonyl (C=O) groups is 1. The third-order valence-corrected chi connectivity index (χ3v) is 5.97. The van der Waals surface area contributed by atoms with E-state index in [9.17, 15) is 13.2 Å². The number of piperidine rings is 1. The van der Waals surface area contributed by atoms with E-state index in [-0.39, 0.29) is 18.5 Å². The number of nitrogens with one attached hydrogen (secondary N) is 1. The van der Waals surface area contributed by atoms with Gasteiger partial charge in [0.05, 0.1) is 5.92 Å². The van der Waals surface area contributed by atoms with Crippen LogP contribution in [-0.4, -0.2) is 43.4 Å². The normalized spacial score (nSPS) is 19.4. The van der Waals surface area contributed by atoms with Crippen molar-refractivity contribution in [2.24, 2.45) is 17.3 Å². The largest absolute Gasteiger partial charge is 0.481 e. The smallest absolute Gasteiger partial charge is 0.306 e. The monoisotopic (exact) mass is 306 g/mol. The molecule has 118 valence electrons. The van der Waals surface area contributed by atoms with Gasteiger partial charge in [0.15, 0.2) is 0 Å². The van der Waals surface area contributed by atoms with Crippen LogP contribution in [0.2, 0.25) is 0 Å². The van der Waals surface area contributed by atoms with Crippen molar-refractivity contribution in [1.82, 2.24) is 9.03 Å².